The Balaban J connectivity index is 0.000000552. The lowest BCUT2D eigenvalue weighted by Crippen LogP contribution is -2.12. The van der Waals surface area contributed by atoms with Crippen LogP contribution in [0.5, 0.6) is 5.75 Å². The zero-order valence-corrected chi connectivity index (χ0v) is 15.4. The van der Waals surface area contributed by atoms with Crippen molar-refractivity contribution < 1.29 is 45.8 Å². The fourth-order valence-corrected chi connectivity index (χ4v) is 3.29. The van der Waals surface area contributed by atoms with Crippen LogP contribution in [0.15, 0.2) is 23.0 Å². The molecule has 0 saturated heterocycles. The van der Waals surface area contributed by atoms with Gasteiger partial charge in [-0.1, -0.05) is 0 Å². The molecule has 0 aliphatic rings. The zero-order valence-electron chi connectivity index (χ0n) is 13.6. The zero-order chi connectivity index (χ0) is 21.6. The second-order valence-electron chi connectivity index (χ2n) is 5.45. The van der Waals surface area contributed by atoms with Gasteiger partial charge in [0.25, 0.3) is 0 Å². The van der Waals surface area contributed by atoms with Crippen LogP contribution in [0.1, 0.15) is 9.67 Å². The van der Waals surface area contributed by atoms with Crippen LogP contribution < -0.4 is 10.2 Å². The van der Waals surface area contributed by atoms with E-state index in [1.54, 1.807) is 12.1 Å². The lowest BCUT2D eigenvalue weighted by Gasteiger charge is -2.07. The molecule has 4 rings (SSSR count). The van der Waals surface area contributed by atoms with E-state index in [0.29, 0.717) is 20.9 Å². The van der Waals surface area contributed by atoms with E-state index in [4.69, 9.17) is 14.4 Å². The molecule has 0 radical (unpaired) electrons. The maximum atomic E-state index is 13.6. The second kappa shape index (κ2) is 7.64. The Kier molecular flexibility index (Phi) is 5.54. The highest BCUT2D eigenvalue weighted by Crippen LogP contribution is 2.33. The molecule has 0 saturated carbocycles. The Hall–Kier alpha value is -2.66. The van der Waals surface area contributed by atoms with E-state index in [-0.39, 0.29) is 10.3 Å². The summed E-state index contributed by atoms with van der Waals surface area (Å²) in [6, 6.07) is 4.39. The van der Waals surface area contributed by atoms with Crippen LogP contribution in [0.4, 0.5) is 22.0 Å². The average molecular weight is 452 g/mol. The van der Waals surface area contributed by atoms with E-state index in [2.05, 4.69) is 4.74 Å². The number of halogens is 5. The monoisotopic (exact) mass is 452 g/mol. The van der Waals surface area contributed by atoms with Crippen molar-refractivity contribution in [3.05, 3.63) is 62.4 Å². The minimum absolute atomic E-state index is 0.103. The van der Waals surface area contributed by atoms with Gasteiger partial charge in [0.2, 0.25) is 34.8 Å². The first-order valence-electron chi connectivity index (χ1n) is 7.30. The predicted molar refractivity (Wildman–Crippen MR) is 92.6 cm³/mol. The molecule has 152 valence electrons. The molecular weight excluding hydrogens is 446 g/mol. The Morgan fingerprint density at radius 1 is 0.897 bits per heavy atom. The summed E-state index contributed by atoms with van der Waals surface area (Å²) in [4.78, 5) is 37.5. The number of hydrogen-bond donors (Lipinski definition) is 2. The van der Waals surface area contributed by atoms with Crippen molar-refractivity contribution in [2.24, 2.45) is 0 Å². The molecule has 4 aromatic rings. The molecule has 0 unspecified atom stereocenters. The van der Waals surface area contributed by atoms with E-state index in [9.17, 15) is 31.5 Å². The minimum atomic E-state index is -3.13. The van der Waals surface area contributed by atoms with Gasteiger partial charge < -0.3 is 14.5 Å². The molecule has 0 amide bonds. The van der Waals surface area contributed by atoms with Crippen LogP contribution in [0, 0.1) is 29.1 Å². The summed E-state index contributed by atoms with van der Waals surface area (Å²) in [5, 5.41) is 1.54. The van der Waals surface area contributed by atoms with Crippen molar-refractivity contribution >= 4 is 46.4 Å². The lowest BCUT2D eigenvalue weighted by atomic mass is 10.2. The summed E-state index contributed by atoms with van der Waals surface area (Å²) >= 11 is 0.864. The number of benzene rings is 2. The first kappa shape index (κ1) is 21.1. The predicted octanol–water partition coefficient (Wildman–Crippen LogP) is 3.57. The van der Waals surface area contributed by atoms with Crippen molar-refractivity contribution in [1.29, 1.82) is 0 Å². The lowest BCUT2D eigenvalue weighted by molar-refractivity contribution is 0.0721. The molecule has 0 fully saturated rings. The van der Waals surface area contributed by atoms with E-state index in [1.165, 1.54) is 6.07 Å². The molecule has 2 N–H and O–H groups in total. The summed E-state index contributed by atoms with van der Waals surface area (Å²) in [5.41, 5.74) is -0.103. The van der Waals surface area contributed by atoms with E-state index in [0.717, 1.165) is 11.3 Å². The first-order chi connectivity index (χ1) is 13.5. The number of fused-ring (bicyclic) bond motifs is 2. The maximum absolute atomic E-state index is 13.6. The fourth-order valence-electron chi connectivity index (χ4n) is 2.33. The molecular formula is C16H6F5O6PS. The third-order valence-corrected chi connectivity index (χ3v) is 4.73. The minimum Gasteiger partial charge on any atom is -0.416 e. The second-order valence-corrected chi connectivity index (χ2v) is 7.10. The highest BCUT2D eigenvalue weighted by molar-refractivity contribution is 7.30. The number of ether oxygens (including phenoxy) is 1. The van der Waals surface area contributed by atoms with Crippen molar-refractivity contribution in [3.63, 3.8) is 0 Å². The van der Waals surface area contributed by atoms with E-state index in [1.807, 2.05) is 0 Å². The highest BCUT2D eigenvalue weighted by atomic mass is 32.1. The molecule has 0 bridgehead atoms. The Morgan fingerprint density at radius 3 is 1.93 bits per heavy atom. The molecule has 6 nitrogen and oxygen atoms in total. The van der Waals surface area contributed by atoms with Gasteiger partial charge in [-0.05, 0) is 23.6 Å². The van der Waals surface area contributed by atoms with Gasteiger partial charge in [0.15, 0.2) is 5.43 Å². The summed E-state index contributed by atoms with van der Waals surface area (Å²) in [5.74, 6) is -14.2. The van der Waals surface area contributed by atoms with Crippen LogP contribution in [0.25, 0.3) is 20.9 Å². The van der Waals surface area contributed by atoms with Gasteiger partial charge in [-0.2, -0.15) is 8.78 Å². The number of hydrogen-bond acceptors (Lipinski definition) is 5. The standard InChI is InChI=1S/C16H3F5O3S.H3O3P/c17-9-10(18)12(20)15(13(21)11(9)19)24-16(23)8-2-4-1-5-6(14(5)22)3-7(4)25-8;1-4(2)3/h1-3H;4H,(H2,1,2,3). The average Bonchev–Trinajstić information content (AvgIpc) is 3.09. The van der Waals surface area contributed by atoms with Gasteiger partial charge in [-0.25, -0.2) is 18.0 Å². The van der Waals surface area contributed by atoms with Gasteiger partial charge in [-0.15, -0.1) is 11.3 Å². The van der Waals surface area contributed by atoms with Crippen LogP contribution >= 0.6 is 19.6 Å². The number of carbonyl (C=O) groups is 1. The topological polar surface area (TPSA) is 101 Å². The van der Waals surface area contributed by atoms with Gasteiger partial charge in [0, 0.05) is 15.5 Å². The molecule has 13 heteroatoms. The van der Waals surface area contributed by atoms with Crippen molar-refractivity contribution in [1.82, 2.24) is 0 Å². The third kappa shape index (κ3) is 3.92. The van der Waals surface area contributed by atoms with Crippen LogP contribution in [-0.2, 0) is 4.57 Å². The van der Waals surface area contributed by atoms with Gasteiger partial charge in [0.1, 0.15) is 4.88 Å². The SMILES string of the molecule is O=C(Oc1c(F)c(F)c(F)c(F)c1F)c1cc2cc3c(=O)c3cc2s1.O=[PH](O)O. The molecule has 3 aromatic carbocycles. The molecule has 0 aliphatic heterocycles. The molecule has 0 aliphatic carbocycles. The quantitative estimate of drug-likeness (QED) is 0.121. The molecule has 1 heterocycles. The summed E-state index contributed by atoms with van der Waals surface area (Å²) in [6.07, 6.45) is 0. The van der Waals surface area contributed by atoms with Crippen LogP contribution in [-0.4, -0.2) is 15.8 Å². The van der Waals surface area contributed by atoms with Gasteiger partial charge >= 0.3 is 14.2 Å². The van der Waals surface area contributed by atoms with E-state index < -0.39 is 49.1 Å². The first-order valence-corrected chi connectivity index (χ1v) is 9.42. The molecule has 1 aromatic heterocycles. The summed E-state index contributed by atoms with van der Waals surface area (Å²) in [6.45, 7) is 0. The smallest absolute Gasteiger partial charge is 0.353 e. The van der Waals surface area contributed by atoms with Gasteiger partial charge in [-0.3, -0.25) is 9.36 Å². The fraction of sp³-hybridized carbons (Fsp3) is 0. The Bertz CT molecular complexity index is 1240. The van der Waals surface area contributed by atoms with Crippen molar-refractivity contribution in [2.75, 3.05) is 0 Å². The van der Waals surface area contributed by atoms with Crippen molar-refractivity contribution in [2.45, 2.75) is 0 Å². The van der Waals surface area contributed by atoms with Crippen LogP contribution in [0.2, 0.25) is 0 Å². The van der Waals surface area contributed by atoms with E-state index >= 15 is 0 Å². The third-order valence-electron chi connectivity index (χ3n) is 3.65. The Labute approximate surface area is 161 Å². The number of rotatable bonds is 2. The summed E-state index contributed by atoms with van der Waals surface area (Å²) in [7, 11) is -3.13. The Morgan fingerprint density at radius 2 is 1.38 bits per heavy atom. The molecule has 0 atom stereocenters. The van der Waals surface area contributed by atoms with Crippen molar-refractivity contribution in [3.8, 4) is 5.75 Å². The summed E-state index contributed by atoms with van der Waals surface area (Å²) < 4.78 is 80.0. The van der Waals surface area contributed by atoms with Gasteiger partial charge in [0.05, 0.1) is 0 Å². The maximum Gasteiger partial charge on any atom is 0.353 e. The van der Waals surface area contributed by atoms with Crippen LogP contribution in [0.3, 0.4) is 0 Å². The number of carbonyl (C=O) groups excluding carboxylic acids is 1. The molecule has 29 heavy (non-hydrogen) atoms. The molecule has 0 spiro atoms. The normalized spacial score (nSPS) is 11.3. The number of thiophene rings is 1. The largest absolute Gasteiger partial charge is 0.416 e. The highest BCUT2D eigenvalue weighted by Gasteiger charge is 2.29. The number of esters is 1.